The monoisotopic (exact) mass is 289 g/mol. The minimum atomic E-state index is -0.0675. The van der Waals surface area contributed by atoms with E-state index >= 15 is 0 Å². The molecular weight excluding hydrogens is 262 g/mol. The van der Waals surface area contributed by atoms with E-state index < -0.39 is 0 Å². The number of carbonyl (C=O) groups is 1. The van der Waals surface area contributed by atoms with Crippen LogP contribution in [0.25, 0.3) is 0 Å². The quantitative estimate of drug-likeness (QED) is 0.843. The van der Waals surface area contributed by atoms with Gasteiger partial charge >= 0.3 is 0 Å². The molecule has 4 nitrogen and oxygen atoms in total. The Morgan fingerprint density at radius 3 is 2.71 bits per heavy atom. The summed E-state index contributed by atoms with van der Waals surface area (Å²) in [6, 6.07) is 3.65. The molecule has 21 heavy (non-hydrogen) atoms. The fraction of sp³-hybridized carbons (Fsp3) is 0.647. The van der Waals surface area contributed by atoms with Gasteiger partial charge in [-0.25, -0.2) is 0 Å². The fourth-order valence-electron chi connectivity index (χ4n) is 3.51. The highest BCUT2D eigenvalue weighted by atomic mass is 16.1. The minimum Gasteiger partial charge on any atom is -0.388 e. The standard InChI is InChI=1S/C17H27N3O/c1-13(2)11-17(7-4-5-8-17)12-20-16(21)15-10-14(18-3)6-9-19-15/h6,9-10,13H,4-5,7-8,11-12H2,1-3H3,(H,18,19)(H,20,21). The third-order valence-corrected chi connectivity index (χ3v) is 4.41. The number of hydrogen-bond acceptors (Lipinski definition) is 3. The largest absolute Gasteiger partial charge is 0.388 e. The van der Waals surface area contributed by atoms with Gasteiger partial charge in [0.15, 0.2) is 0 Å². The summed E-state index contributed by atoms with van der Waals surface area (Å²) in [5, 5.41) is 6.14. The molecule has 116 valence electrons. The van der Waals surface area contributed by atoms with Crippen molar-refractivity contribution in [1.82, 2.24) is 10.3 Å². The van der Waals surface area contributed by atoms with E-state index in [-0.39, 0.29) is 5.91 Å². The van der Waals surface area contributed by atoms with Gasteiger partial charge in [0, 0.05) is 25.5 Å². The number of aromatic nitrogens is 1. The van der Waals surface area contributed by atoms with Gasteiger partial charge in [-0.1, -0.05) is 26.7 Å². The molecular formula is C17H27N3O. The lowest BCUT2D eigenvalue weighted by Gasteiger charge is -2.31. The van der Waals surface area contributed by atoms with Crippen molar-refractivity contribution in [2.24, 2.45) is 11.3 Å². The van der Waals surface area contributed by atoms with Gasteiger partial charge in [0.05, 0.1) is 0 Å². The van der Waals surface area contributed by atoms with Crippen LogP contribution >= 0.6 is 0 Å². The SMILES string of the molecule is CNc1ccnc(C(=O)NCC2(CC(C)C)CCCC2)c1. The molecule has 0 spiro atoms. The lowest BCUT2D eigenvalue weighted by atomic mass is 9.78. The van der Waals surface area contributed by atoms with E-state index in [2.05, 4.69) is 29.5 Å². The highest BCUT2D eigenvalue weighted by Gasteiger charge is 2.34. The smallest absolute Gasteiger partial charge is 0.269 e. The third-order valence-electron chi connectivity index (χ3n) is 4.41. The summed E-state index contributed by atoms with van der Waals surface area (Å²) in [7, 11) is 1.84. The third kappa shape index (κ3) is 4.19. The first-order valence-electron chi connectivity index (χ1n) is 7.97. The second-order valence-corrected chi connectivity index (χ2v) is 6.67. The van der Waals surface area contributed by atoms with Gasteiger partial charge in [0.25, 0.3) is 5.91 Å². The average Bonchev–Trinajstić information content (AvgIpc) is 2.93. The van der Waals surface area contributed by atoms with Crippen LogP contribution in [0.2, 0.25) is 0 Å². The molecule has 4 heteroatoms. The van der Waals surface area contributed by atoms with Crippen LogP contribution in [0.1, 0.15) is 56.4 Å². The molecule has 1 aliphatic rings. The van der Waals surface area contributed by atoms with Gasteiger partial charge in [-0.15, -0.1) is 0 Å². The molecule has 1 heterocycles. The van der Waals surface area contributed by atoms with Crippen molar-refractivity contribution in [3.63, 3.8) is 0 Å². The Hall–Kier alpha value is -1.58. The predicted molar refractivity (Wildman–Crippen MR) is 86.5 cm³/mol. The van der Waals surface area contributed by atoms with E-state index in [1.165, 1.54) is 32.1 Å². The fourth-order valence-corrected chi connectivity index (χ4v) is 3.51. The normalized spacial score (nSPS) is 17.0. The van der Waals surface area contributed by atoms with Gasteiger partial charge < -0.3 is 10.6 Å². The summed E-state index contributed by atoms with van der Waals surface area (Å²) in [6.07, 6.45) is 7.90. The topological polar surface area (TPSA) is 54.0 Å². The average molecular weight is 289 g/mol. The van der Waals surface area contributed by atoms with Crippen LogP contribution in [0.15, 0.2) is 18.3 Å². The molecule has 0 radical (unpaired) electrons. The minimum absolute atomic E-state index is 0.0675. The van der Waals surface area contributed by atoms with Crippen LogP contribution in [-0.4, -0.2) is 24.5 Å². The molecule has 0 unspecified atom stereocenters. The summed E-state index contributed by atoms with van der Waals surface area (Å²) < 4.78 is 0. The number of pyridine rings is 1. The Kier molecular flexibility index (Phi) is 5.21. The Labute approximate surface area is 127 Å². The van der Waals surface area contributed by atoms with Crippen molar-refractivity contribution in [2.45, 2.75) is 46.0 Å². The van der Waals surface area contributed by atoms with E-state index in [1.807, 2.05) is 13.1 Å². The van der Waals surface area contributed by atoms with Crippen molar-refractivity contribution in [3.8, 4) is 0 Å². The first kappa shape index (κ1) is 15.8. The lowest BCUT2D eigenvalue weighted by molar-refractivity contribution is 0.0917. The van der Waals surface area contributed by atoms with E-state index in [1.54, 1.807) is 12.3 Å². The predicted octanol–water partition coefficient (Wildman–Crippen LogP) is 3.46. The molecule has 1 amide bonds. The van der Waals surface area contributed by atoms with E-state index in [0.717, 1.165) is 12.2 Å². The van der Waals surface area contributed by atoms with E-state index in [0.29, 0.717) is 17.0 Å². The maximum Gasteiger partial charge on any atom is 0.269 e. The lowest BCUT2D eigenvalue weighted by Crippen LogP contribution is -2.37. The van der Waals surface area contributed by atoms with E-state index in [4.69, 9.17) is 0 Å². The Bertz CT molecular complexity index is 479. The summed E-state index contributed by atoms with van der Waals surface area (Å²) in [5.41, 5.74) is 1.69. The molecule has 1 aromatic rings. The molecule has 0 aliphatic heterocycles. The molecule has 2 rings (SSSR count). The molecule has 0 atom stereocenters. The number of amides is 1. The van der Waals surface area contributed by atoms with Gasteiger partial charge in [-0.05, 0) is 42.7 Å². The first-order chi connectivity index (χ1) is 10.0. The number of nitrogens with one attached hydrogen (secondary N) is 2. The molecule has 1 fully saturated rings. The Morgan fingerprint density at radius 1 is 1.38 bits per heavy atom. The van der Waals surface area contributed by atoms with Crippen molar-refractivity contribution in [2.75, 3.05) is 18.9 Å². The maximum atomic E-state index is 12.3. The van der Waals surface area contributed by atoms with Crippen LogP contribution in [0, 0.1) is 11.3 Å². The van der Waals surface area contributed by atoms with Gasteiger partial charge in [-0.2, -0.15) is 0 Å². The Morgan fingerprint density at radius 2 is 2.10 bits per heavy atom. The first-order valence-corrected chi connectivity index (χ1v) is 7.97. The van der Waals surface area contributed by atoms with Gasteiger partial charge in [-0.3, -0.25) is 9.78 Å². The van der Waals surface area contributed by atoms with Crippen molar-refractivity contribution < 1.29 is 4.79 Å². The summed E-state index contributed by atoms with van der Waals surface area (Å²) in [6.45, 7) is 5.30. The highest BCUT2D eigenvalue weighted by Crippen LogP contribution is 2.42. The number of hydrogen-bond donors (Lipinski definition) is 2. The molecule has 0 aromatic carbocycles. The van der Waals surface area contributed by atoms with E-state index in [9.17, 15) is 4.79 Å². The molecule has 0 saturated heterocycles. The zero-order valence-electron chi connectivity index (χ0n) is 13.4. The summed E-state index contributed by atoms with van der Waals surface area (Å²) >= 11 is 0. The summed E-state index contributed by atoms with van der Waals surface area (Å²) in [4.78, 5) is 16.5. The molecule has 1 aliphatic carbocycles. The van der Waals surface area contributed by atoms with Crippen LogP contribution < -0.4 is 10.6 Å². The van der Waals surface area contributed by atoms with Crippen LogP contribution in [-0.2, 0) is 0 Å². The number of nitrogens with zero attached hydrogens (tertiary/aromatic N) is 1. The summed E-state index contributed by atoms with van der Waals surface area (Å²) in [5.74, 6) is 0.605. The second-order valence-electron chi connectivity index (χ2n) is 6.67. The molecule has 1 saturated carbocycles. The number of anilines is 1. The number of carbonyl (C=O) groups excluding carboxylic acids is 1. The van der Waals surface area contributed by atoms with Crippen LogP contribution in [0.4, 0.5) is 5.69 Å². The molecule has 2 N–H and O–H groups in total. The zero-order valence-corrected chi connectivity index (χ0v) is 13.4. The number of rotatable bonds is 6. The van der Waals surface area contributed by atoms with Crippen LogP contribution in [0.5, 0.6) is 0 Å². The Balaban J connectivity index is 1.98. The molecule has 1 aromatic heterocycles. The second kappa shape index (κ2) is 6.92. The van der Waals surface area contributed by atoms with Gasteiger partial charge in [0.2, 0.25) is 0 Å². The zero-order chi connectivity index (χ0) is 15.3. The highest BCUT2D eigenvalue weighted by molar-refractivity contribution is 5.93. The molecule has 0 bridgehead atoms. The van der Waals surface area contributed by atoms with Crippen molar-refractivity contribution >= 4 is 11.6 Å². The van der Waals surface area contributed by atoms with Crippen LogP contribution in [0.3, 0.4) is 0 Å². The van der Waals surface area contributed by atoms with Crippen molar-refractivity contribution in [1.29, 1.82) is 0 Å². The van der Waals surface area contributed by atoms with Crippen molar-refractivity contribution in [3.05, 3.63) is 24.0 Å². The maximum absolute atomic E-state index is 12.3. The van der Waals surface area contributed by atoms with Gasteiger partial charge in [0.1, 0.15) is 5.69 Å².